The van der Waals surface area contributed by atoms with Crippen LogP contribution in [0.1, 0.15) is 5.56 Å². The lowest BCUT2D eigenvalue weighted by Crippen LogP contribution is -1.95. The standard InChI is InChI=1S/C13H10BrFO/c14-11-4-2-6-13(8-11)16-9-10-3-1-5-12(15)7-10/h1-8H,9H2. The second-order valence-corrected chi connectivity index (χ2v) is 4.29. The predicted molar refractivity (Wildman–Crippen MR) is 64.9 cm³/mol. The maximum Gasteiger partial charge on any atom is 0.123 e. The summed E-state index contributed by atoms with van der Waals surface area (Å²) in [7, 11) is 0. The van der Waals surface area contributed by atoms with Crippen LogP contribution >= 0.6 is 15.9 Å². The van der Waals surface area contributed by atoms with Crippen LogP contribution in [0, 0.1) is 5.82 Å². The molecule has 0 fully saturated rings. The molecular formula is C13H10BrFO. The third-order valence-corrected chi connectivity index (χ3v) is 2.58. The van der Waals surface area contributed by atoms with E-state index in [1.54, 1.807) is 6.07 Å². The zero-order chi connectivity index (χ0) is 11.4. The Morgan fingerprint density at radius 2 is 1.88 bits per heavy atom. The highest BCUT2D eigenvalue weighted by Crippen LogP contribution is 2.18. The highest BCUT2D eigenvalue weighted by molar-refractivity contribution is 9.10. The molecule has 0 heterocycles. The molecule has 2 aromatic rings. The Bertz CT molecular complexity index is 439. The molecule has 0 atom stereocenters. The van der Waals surface area contributed by atoms with E-state index < -0.39 is 0 Å². The van der Waals surface area contributed by atoms with Crippen LogP contribution < -0.4 is 4.74 Å². The van der Waals surface area contributed by atoms with Gasteiger partial charge in [0.05, 0.1) is 0 Å². The van der Waals surface area contributed by atoms with E-state index in [1.165, 1.54) is 12.1 Å². The highest BCUT2D eigenvalue weighted by Gasteiger charge is 1.98. The Morgan fingerprint density at radius 3 is 2.62 bits per heavy atom. The normalized spacial score (nSPS) is 10.1. The van der Waals surface area contributed by atoms with Crippen molar-refractivity contribution in [2.24, 2.45) is 0 Å². The van der Waals surface area contributed by atoms with Gasteiger partial charge in [-0.15, -0.1) is 0 Å². The van der Waals surface area contributed by atoms with E-state index in [0.717, 1.165) is 15.8 Å². The van der Waals surface area contributed by atoms with Crippen LogP contribution in [0.25, 0.3) is 0 Å². The van der Waals surface area contributed by atoms with Crippen LogP contribution in [-0.4, -0.2) is 0 Å². The molecule has 0 aliphatic heterocycles. The minimum absolute atomic E-state index is 0.240. The van der Waals surface area contributed by atoms with Gasteiger partial charge in [-0.05, 0) is 35.9 Å². The summed E-state index contributed by atoms with van der Waals surface area (Å²) in [5, 5.41) is 0. The molecule has 1 nitrogen and oxygen atoms in total. The van der Waals surface area contributed by atoms with E-state index in [4.69, 9.17) is 4.74 Å². The maximum absolute atomic E-state index is 12.9. The summed E-state index contributed by atoms with van der Waals surface area (Å²) in [6.45, 7) is 0.369. The summed E-state index contributed by atoms with van der Waals surface area (Å²) >= 11 is 3.36. The number of hydrogen-bond acceptors (Lipinski definition) is 1. The molecule has 0 radical (unpaired) electrons. The first kappa shape index (κ1) is 11.1. The monoisotopic (exact) mass is 280 g/mol. The fourth-order valence-electron chi connectivity index (χ4n) is 1.35. The number of halogens is 2. The summed E-state index contributed by atoms with van der Waals surface area (Å²) in [5.74, 6) is 0.522. The van der Waals surface area contributed by atoms with Crippen molar-refractivity contribution < 1.29 is 9.13 Å². The second kappa shape index (κ2) is 5.12. The molecule has 0 aliphatic carbocycles. The minimum atomic E-state index is -0.240. The van der Waals surface area contributed by atoms with Gasteiger partial charge in [-0.1, -0.05) is 34.1 Å². The Kier molecular flexibility index (Phi) is 3.57. The molecular weight excluding hydrogens is 271 g/mol. The van der Waals surface area contributed by atoms with Crippen molar-refractivity contribution in [3.8, 4) is 5.75 Å². The molecule has 0 unspecified atom stereocenters. The molecule has 0 saturated carbocycles. The number of benzene rings is 2. The van der Waals surface area contributed by atoms with Gasteiger partial charge in [0.15, 0.2) is 0 Å². The van der Waals surface area contributed by atoms with Gasteiger partial charge in [0.25, 0.3) is 0 Å². The van der Waals surface area contributed by atoms with E-state index in [2.05, 4.69) is 15.9 Å². The van der Waals surface area contributed by atoms with E-state index in [1.807, 2.05) is 30.3 Å². The molecule has 0 N–H and O–H groups in total. The van der Waals surface area contributed by atoms with Crippen LogP contribution in [0.2, 0.25) is 0 Å². The highest BCUT2D eigenvalue weighted by atomic mass is 79.9. The molecule has 0 saturated heterocycles. The number of rotatable bonds is 3. The maximum atomic E-state index is 12.9. The number of hydrogen-bond donors (Lipinski definition) is 0. The Hall–Kier alpha value is -1.35. The van der Waals surface area contributed by atoms with Crippen molar-refractivity contribution in [1.29, 1.82) is 0 Å². The summed E-state index contributed by atoms with van der Waals surface area (Å²) in [6, 6.07) is 14.0. The first-order chi connectivity index (χ1) is 7.74. The lowest BCUT2D eigenvalue weighted by atomic mass is 10.2. The largest absolute Gasteiger partial charge is 0.489 e. The third kappa shape index (κ3) is 3.07. The average Bonchev–Trinajstić information content (AvgIpc) is 2.27. The SMILES string of the molecule is Fc1cccc(COc2cccc(Br)c2)c1. The van der Waals surface area contributed by atoms with E-state index >= 15 is 0 Å². The molecule has 2 rings (SSSR count). The van der Waals surface area contributed by atoms with Crippen molar-refractivity contribution >= 4 is 15.9 Å². The zero-order valence-corrected chi connectivity index (χ0v) is 10.1. The van der Waals surface area contributed by atoms with Crippen LogP contribution in [-0.2, 0) is 6.61 Å². The quantitative estimate of drug-likeness (QED) is 0.820. The zero-order valence-electron chi connectivity index (χ0n) is 8.49. The fourth-order valence-corrected chi connectivity index (χ4v) is 1.73. The van der Waals surface area contributed by atoms with Crippen molar-refractivity contribution in [2.45, 2.75) is 6.61 Å². The molecule has 0 spiro atoms. The smallest absolute Gasteiger partial charge is 0.123 e. The molecule has 0 aliphatic rings. The molecule has 3 heteroatoms. The van der Waals surface area contributed by atoms with Gasteiger partial charge < -0.3 is 4.74 Å². The minimum Gasteiger partial charge on any atom is -0.489 e. The molecule has 0 bridgehead atoms. The van der Waals surface area contributed by atoms with Crippen molar-refractivity contribution in [1.82, 2.24) is 0 Å². The Labute approximate surface area is 102 Å². The third-order valence-electron chi connectivity index (χ3n) is 2.09. The molecule has 16 heavy (non-hydrogen) atoms. The van der Waals surface area contributed by atoms with Gasteiger partial charge in [0, 0.05) is 4.47 Å². The van der Waals surface area contributed by atoms with Gasteiger partial charge in [0.2, 0.25) is 0 Å². The van der Waals surface area contributed by atoms with Gasteiger partial charge in [-0.3, -0.25) is 0 Å². The Morgan fingerprint density at radius 1 is 1.06 bits per heavy atom. The average molecular weight is 281 g/mol. The summed E-state index contributed by atoms with van der Waals surface area (Å²) in [5.41, 5.74) is 0.819. The van der Waals surface area contributed by atoms with Crippen molar-refractivity contribution in [2.75, 3.05) is 0 Å². The first-order valence-electron chi connectivity index (χ1n) is 4.87. The topological polar surface area (TPSA) is 9.23 Å². The molecule has 2 aromatic carbocycles. The first-order valence-corrected chi connectivity index (χ1v) is 5.66. The van der Waals surface area contributed by atoms with E-state index in [-0.39, 0.29) is 5.82 Å². The lowest BCUT2D eigenvalue weighted by molar-refractivity contribution is 0.305. The van der Waals surface area contributed by atoms with Crippen LogP contribution in [0.5, 0.6) is 5.75 Å². The van der Waals surface area contributed by atoms with E-state index in [0.29, 0.717) is 6.61 Å². The van der Waals surface area contributed by atoms with Gasteiger partial charge in [-0.2, -0.15) is 0 Å². The van der Waals surface area contributed by atoms with E-state index in [9.17, 15) is 4.39 Å². The van der Waals surface area contributed by atoms with Gasteiger partial charge >= 0.3 is 0 Å². The van der Waals surface area contributed by atoms with Crippen LogP contribution in [0.3, 0.4) is 0 Å². The van der Waals surface area contributed by atoms with Crippen LogP contribution in [0.15, 0.2) is 53.0 Å². The van der Waals surface area contributed by atoms with Gasteiger partial charge in [0.1, 0.15) is 18.2 Å². The number of ether oxygens (including phenoxy) is 1. The summed E-state index contributed by atoms with van der Waals surface area (Å²) < 4.78 is 19.4. The predicted octanol–water partition coefficient (Wildman–Crippen LogP) is 4.17. The molecule has 0 amide bonds. The van der Waals surface area contributed by atoms with Gasteiger partial charge in [-0.25, -0.2) is 4.39 Å². The molecule has 82 valence electrons. The van der Waals surface area contributed by atoms with Crippen molar-refractivity contribution in [3.63, 3.8) is 0 Å². The summed E-state index contributed by atoms with van der Waals surface area (Å²) in [4.78, 5) is 0. The van der Waals surface area contributed by atoms with Crippen LogP contribution in [0.4, 0.5) is 4.39 Å². The molecule has 0 aromatic heterocycles. The fraction of sp³-hybridized carbons (Fsp3) is 0.0769. The van der Waals surface area contributed by atoms with Crippen molar-refractivity contribution in [3.05, 3.63) is 64.4 Å². The second-order valence-electron chi connectivity index (χ2n) is 3.38. The lowest BCUT2D eigenvalue weighted by Gasteiger charge is -2.06. The summed E-state index contributed by atoms with van der Waals surface area (Å²) in [6.07, 6.45) is 0. The Balaban J connectivity index is 2.02.